The molecule has 148 valence electrons. The van der Waals surface area contributed by atoms with Crippen LogP contribution in [-0.2, 0) is 14.3 Å². The lowest BCUT2D eigenvalue weighted by Crippen LogP contribution is -2.35. The Balaban J connectivity index is 2.84. The second-order valence-corrected chi connectivity index (χ2v) is 4.90. The van der Waals surface area contributed by atoms with Gasteiger partial charge >= 0.3 is 19.2 Å². The van der Waals surface area contributed by atoms with Crippen molar-refractivity contribution in [2.45, 2.75) is 26.3 Å². The minimum absolute atomic E-state index is 0.0161. The lowest BCUT2D eigenvalue weighted by atomic mass is 10.1. The number of rotatable bonds is 10. The van der Waals surface area contributed by atoms with Gasteiger partial charge in [-0.15, -0.1) is 6.58 Å². The lowest BCUT2D eigenvalue weighted by molar-refractivity contribution is -0.150. The van der Waals surface area contributed by atoms with Gasteiger partial charge in [-0.3, -0.25) is 4.79 Å². The van der Waals surface area contributed by atoms with Crippen molar-refractivity contribution in [3.05, 3.63) is 42.5 Å². The number of halogens is 4. The summed E-state index contributed by atoms with van der Waals surface area (Å²) in [4.78, 5) is 23.3. The van der Waals surface area contributed by atoms with Gasteiger partial charge in [0, 0.05) is 24.3 Å². The minimum Gasteiger partial charge on any atom is -0.449 e. The van der Waals surface area contributed by atoms with Crippen molar-refractivity contribution in [2.75, 3.05) is 6.54 Å². The first-order valence-corrected chi connectivity index (χ1v) is 7.54. The predicted octanol–water partition coefficient (Wildman–Crippen LogP) is 3.14. The number of ether oxygens (including phenoxy) is 3. The molecule has 0 aliphatic heterocycles. The maximum atomic E-state index is 12.5. The zero-order valence-electron chi connectivity index (χ0n) is 14.2. The molecule has 0 fully saturated rings. The third-order valence-electron chi connectivity index (χ3n) is 2.91. The number of esters is 1. The smallest absolute Gasteiger partial charge is 0.387 e. The average Bonchev–Trinajstić information content (AvgIpc) is 2.57. The fourth-order valence-corrected chi connectivity index (χ4v) is 1.77. The minimum atomic E-state index is -3.22. The highest BCUT2D eigenvalue weighted by atomic mass is 19.3. The Morgan fingerprint density at radius 3 is 2.44 bits per heavy atom. The maximum absolute atomic E-state index is 12.5. The first-order valence-electron chi connectivity index (χ1n) is 7.54. The molecule has 1 aromatic carbocycles. The third-order valence-corrected chi connectivity index (χ3v) is 2.91. The molecule has 0 aliphatic carbocycles. The Kier molecular flexibility index (Phi) is 8.83. The van der Waals surface area contributed by atoms with E-state index in [2.05, 4.69) is 21.4 Å². The molecule has 0 unspecified atom stereocenters. The lowest BCUT2D eigenvalue weighted by Gasteiger charge is -2.12. The predicted molar refractivity (Wildman–Crippen MR) is 87.5 cm³/mol. The van der Waals surface area contributed by atoms with E-state index in [1.165, 1.54) is 13.0 Å². The molecule has 0 spiro atoms. The molecule has 6 nitrogen and oxygen atoms in total. The van der Waals surface area contributed by atoms with Crippen molar-refractivity contribution in [1.82, 2.24) is 5.32 Å². The monoisotopic (exact) mass is 391 g/mol. The fourth-order valence-electron chi connectivity index (χ4n) is 1.77. The molecular weight excluding hydrogens is 374 g/mol. The summed E-state index contributed by atoms with van der Waals surface area (Å²) in [5.41, 5.74) is -0.0161. The van der Waals surface area contributed by atoms with Gasteiger partial charge in [-0.25, -0.2) is 4.79 Å². The number of nitrogens with one attached hydrogen (secondary N) is 1. The van der Waals surface area contributed by atoms with Crippen LogP contribution in [0.25, 0.3) is 6.08 Å². The van der Waals surface area contributed by atoms with Crippen molar-refractivity contribution >= 4 is 18.0 Å². The van der Waals surface area contributed by atoms with Gasteiger partial charge < -0.3 is 19.5 Å². The summed E-state index contributed by atoms with van der Waals surface area (Å²) >= 11 is 0. The normalized spacial score (nSPS) is 12.1. The van der Waals surface area contributed by atoms with Crippen LogP contribution in [-0.4, -0.2) is 37.7 Å². The Hall–Kier alpha value is -3.04. The molecule has 0 radical (unpaired) electrons. The van der Waals surface area contributed by atoms with E-state index < -0.39 is 42.7 Å². The van der Waals surface area contributed by atoms with Crippen LogP contribution in [0.15, 0.2) is 36.9 Å². The van der Waals surface area contributed by atoms with Crippen molar-refractivity contribution in [3.8, 4) is 11.5 Å². The van der Waals surface area contributed by atoms with Crippen LogP contribution in [0.2, 0.25) is 0 Å². The summed E-state index contributed by atoms with van der Waals surface area (Å²) in [5, 5.41) is 2.43. The molecule has 0 aliphatic rings. The zero-order chi connectivity index (χ0) is 20.4. The highest BCUT2D eigenvalue weighted by molar-refractivity contribution is 5.90. The number of alkyl halides is 4. The van der Waals surface area contributed by atoms with E-state index in [0.717, 1.165) is 30.4 Å². The van der Waals surface area contributed by atoms with Crippen LogP contribution in [0.1, 0.15) is 12.5 Å². The van der Waals surface area contributed by atoms with Gasteiger partial charge in [-0.1, -0.05) is 6.08 Å². The van der Waals surface area contributed by atoms with Crippen molar-refractivity contribution < 1.29 is 41.4 Å². The SMILES string of the molecule is C=CCNC(=O)[C@@H](C)OC(=O)/C=C/c1ccc(OC(F)F)cc1OC(F)F. The molecule has 0 bridgehead atoms. The van der Waals surface area contributed by atoms with Crippen LogP contribution >= 0.6 is 0 Å². The maximum Gasteiger partial charge on any atom is 0.387 e. The van der Waals surface area contributed by atoms with Gasteiger partial charge in [0.2, 0.25) is 0 Å². The first-order chi connectivity index (χ1) is 12.7. The second kappa shape index (κ2) is 10.8. The van der Waals surface area contributed by atoms with E-state index in [4.69, 9.17) is 4.74 Å². The van der Waals surface area contributed by atoms with E-state index in [1.54, 1.807) is 0 Å². The summed E-state index contributed by atoms with van der Waals surface area (Å²) in [6.45, 7) is -1.42. The van der Waals surface area contributed by atoms with Crippen LogP contribution in [0.3, 0.4) is 0 Å². The molecule has 0 aromatic heterocycles. The molecule has 1 amide bonds. The Bertz CT molecular complexity index is 694. The summed E-state index contributed by atoms with van der Waals surface area (Å²) in [6.07, 6.45) is 2.29. The number of benzene rings is 1. The van der Waals surface area contributed by atoms with Crippen LogP contribution in [0.5, 0.6) is 11.5 Å². The van der Waals surface area contributed by atoms with Crippen LogP contribution < -0.4 is 14.8 Å². The largest absolute Gasteiger partial charge is 0.449 e. The molecule has 10 heteroatoms. The molecule has 0 heterocycles. The Morgan fingerprint density at radius 1 is 1.19 bits per heavy atom. The summed E-state index contributed by atoms with van der Waals surface area (Å²) in [7, 11) is 0. The fraction of sp³-hybridized carbons (Fsp3) is 0.294. The average molecular weight is 391 g/mol. The Morgan fingerprint density at radius 2 is 1.85 bits per heavy atom. The van der Waals surface area contributed by atoms with Gasteiger partial charge in [0.25, 0.3) is 5.91 Å². The van der Waals surface area contributed by atoms with Gasteiger partial charge in [0.1, 0.15) is 11.5 Å². The number of carbonyl (C=O) groups is 2. The third kappa shape index (κ3) is 8.25. The van der Waals surface area contributed by atoms with E-state index in [1.807, 2.05) is 0 Å². The Labute approximate surface area is 152 Å². The highest BCUT2D eigenvalue weighted by Crippen LogP contribution is 2.28. The molecule has 27 heavy (non-hydrogen) atoms. The van der Waals surface area contributed by atoms with Gasteiger partial charge in [-0.2, -0.15) is 17.6 Å². The topological polar surface area (TPSA) is 73.9 Å². The number of amides is 1. The van der Waals surface area contributed by atoms with Gasteiger partial charge in [0.05, 0.1) is 0 Å². The first kappa shape index (κ1) is 22.0. The van der Waals surface area contributed by atoms with E-state index in [-0.39, 0.29) is 12.1 Å². The molecule has 1 N–H and O–H groups in total. The van der Waals surface area contributed by atoms with Crippen molar-refractivity contribution in [3.63, 3.8) is 0 Å². The number of carbonyl (C=O) groups excluding carboxylic acids is 2. The zero-order valence-corrected chi connectivity index (χ0v) is 14.2. The highest BCUT2D eigenvalue weighted by Gasteiger charge is 2.16. The number of hydrogen-bond donors (Lipinski definition) is 1. The van der Waals surface area contributed by atoms with Gasteiger partial charge in [-0.05, 0) is 25.1 Å². The quantitative estimate of drug-likeness (QED) is 0.287. The molecule has 1 atom stereocenters. The molecule has 1 aromatic rings. The van der Waals surface area contributed by atoms with E-state index in [9.17, 15) is 27.2 Å². The van der Waals surface area contributed by atoms with E-state index >= 15 is 0 Å². The summed E-state index contributed by atoms with van der Waals surface area (Å²) in [5.74, 6) is -2.35. The standard InChI is InChI=1S/C17H17F4NO5/c1-3-8-22-15(24)10(2)25-14(23)7-5-11-4-6-12(26-16(18)19)9-13(11)27-17(20)21/h3-7,9-10,16-17H,1,8H2,2H3,(H,22,24)/b7-5+/t10-/m1/s1. The molecule has 1 rings (SSSR count). The van der Waals surface area contributed by atoms with Crippen molar-refractivity contribution in [1.29, 1.82) is 0 Å². The second-order valence-electron chi connectivity index (χ2n) is 4.90. The van der Waals surface area contributed by atoms with Gasteiger partial charge in [0.15, 0.2) is 6.10 Å². The summed E-state index contributed by atoms with van der Waals surface area (Å²) < 4.78 is 62.5. The molecule has 0 saturated heterocycles. The molecule has 0 saturated carbocycles. The van der Waals surface area contributed by atoms with Crippen LogP contribution in [0, 0.1) is 0 Å². The summed E-state index contributed by atoms with van der Waals surface area (Å²) in [6, 6.07) is 3.05. The molecular formula is C17H17F4NO5. The van der Waals surface area contributed by atoms with E-state index in [0.29, 0.717) is 0 Å². The van der Waals surface area contributed by atoms with Crippen molar-refractivity contribution in [2.24, 2.45) is 0 Å². The number of hydrogen-bond acceptors (Lipinski definition) is 5. The van der Waals surface area contributed by atoms with Crippen LogP contribution in [0.4, 0.5) is 17.6 Å².